The van der Waals surface area contributed by atoms with Crippen LogP contribution in [0.5, 0.6) is 5.75 Å². The first-order valence-corrected chi connectivity index (χ1v) is 12.5. The molecule has 1 aliphatic carbocycles. The Morgan fingerprint density at radius 3 is 2.00 bits per heavy atom. The molecule has 4 heteroatoms. The zero-order chi connectivity index (χ0) is 19.8. The fourth-order valence-electron chi connectivity index (χ4n) is 3.44. The van der Waals surface area contributed by atoms with Crippen LogP contribution in [-0.2, 0) is 9.22 Å². The maximum absolute atomic E-state index is 13.2. The third-order valence-corrected chi connectivity index (χ3v) is 10.6. The van der Waals surface area contributed by atoms with Gasteiger partial charge in [0.25, 0.3) is 0 Å². The molecule has 1 fully saturated rings. The molecular weight excluding hydrogens is 352 g/mol. The molecular formula is C23H30O3Si. The van der Waals surface area contributed by atoms with Crippen LogP contribution in [0.4, 0.5) is 0 Å². The minimum Gasteiger partial charge on any atom is -0.497 e. The van der Waals surface area contributed by atoms with E-state index in [0.717, 1.165) is 11.3 Å². The highest BCUT2D eigenvalue weighted by molar-refractivity contribution is 6.74. The lowest BCUT2D eigenvalue weighted by Crippen LogP contribution is -2.56. The molecule has 0 radical (unpaired) electrons. The molecule has 3 nitrogen and oxygen atoms in total. The number of ketones is 1. The highest BCUT2D eigenvalue weighted by Crippen LogP contribution is 2.51. The van der Waals surface area contributed by atoms with Gasteiger partial charge in [0.2, 0.25) is 0 Å². The molecule has 0 saturated heterocycles. The van der Waals surface area contributed by atoms with E-state index in [2.05, 4.69) is 46.0 Å². The van der Waals surface area contributed by atoms with Gasteiger partial charge in [0.1, 0.15) is 11.9 Å². The summed E-state index contributed by atoms with van der Waals surface area (Å²) in [5, 5.41) is 0.0692. The van der Waals surface area contributed by atoms with Crippen molar-refractivity contribution in [3.63, 3.8) is 0 Å². The highest BCUT2D eigenvalue weighted by Gasteiger charge is 2.55. The van der Waals surface area contributed by atoms with Gasteiger partial charge in [-0.2, -0.15) is 0 Å². The van der Waals surface area contributed by atoms with E-state index in [1.54, 1.807) is 7.11 Å². The molecule has 1 saturated carbocycles. The second-order valence-corrected chi connectivity index (χ2v) is 13.6. The monoisotopic (exact) mass is 382 g/mol. The number of carbonyl (C=O) groups excluding carboxylic acids is 1. The van der Waals surface area contributed by atoms with Gasteiger partial charge in [-0.1, -0.05) is 63.2 Å². The van der Waals surface area contributed by atoms with Crippen molar-refractivity contribution in [2.45, 2.75) is 56.8 Å². The van der Waals surface area contributed by atoms with Crippen LogP contribution in [0.25, 0.3) is 0 Å². The van der Waals surface area contributed by atoms with Crippen LogP contribution in [0.15, 0.2) is 54.6 Å². The van der Waals surface area contributed by atoms with E-state index in [4.69, 9.17) is 9.16 Å². The molecule has 27 heavy (non-hydrogen) atoms. The van der Waals surface area contributed by atoms with E-state index in [1.165, 1.54) is 5.56 Å². The number of carbonyl (C=O) groups is 1. The molecule has 0 bridgehead atoms. The number of Topliss-reactive ketones (excluding diaryl/α,β-unsaturated/α-hetero) is 1. The topological polar surface area (TPSA) is 35.5 Å². The summed E-state index contributed by atoms with van der Waals surface area (Å²) in [6.45, 7) is 11.1. The molecule has 1 aliphatic rings. The molecule has 1 unspecified atom stereocenters. The van der Waals surface area contributed by atoms with E-state index in [0.29, 0.717) is 0 Å². The molecule has 0 aromatic heterocycles. The smallest absolute Gasteiger partial charge is 0.193 e. The SMILES string of the molecule is COc1ccc(C2C(=O)[C@H](O[Si](C)(C)C(C)(C)C)[C@@H]2c2ccccc2)cc1. The summed E-state index contributed by atoms with van der Waals surface area (Å²) < 4.78 is 11.8. The minimum atomic E-state index is -2.04. The van der Waals surface area contributed by atoms with Crippen molar-refractivity contribution in [1.29, 1.82) is 0 Å². The van der Waals surface area contributed by atoms with Crippen LogP contribution in [-0.4, -0.2) is 27.3 Å². The van der Waals surface area contributed by atoms with Gasteiger partial charge in [-0.05, 0) is 41.4 Å². The van der Waals surface area contributed by atoms with Gasteiger partial charge < -0.3 is 9.16 Å². The van der Waals surface area contributed by atoms with Crippen molar-refractivity contribution < 1.29 is 14.0 Å². The van der Waals surface area contributed by atoms with E-state index >= 15 is 0 Å². The number of methoxy groups -OCH3 is 1. The summed E-state index contributed by atoms with van der Waals surface area (Å²) in [4.78, 5) is 13.2. The number of rotatable bonds is 5. The lowest BCUT2D eigenvalue weighted by molar-refractivity contribution is -0.139. The first-order valence-electron chi connectivity index (χ1n) is 9.56. The van der Waals surface area contributed by atoms with Crippen LogP contribution >= 0.6 is 0 Å². The Balaban J connectivity index is 1.94. The summed E-state index contributed by atoms with van der Waals surface area (Å²) in [6.07, 6.45) is -0.361. The van der Waals surface area contributed by atoms with E-state index in [1.807, 2.05) is 42.5 Å². The fraction of sp³-hybridized carbons (Fsp3) is 0.435. The van der Waals surface area contributed by atoms with Crippen LogP contribution in [0.3, 0.4) is 0 Å². The first-order chi connectivity index (χ1) is 12.7. The van der Waals surface area contributed by atoms with Crippen molar-refractivity contribution in [1.82, 2.24) is 0 Å². The van der Waals surface area contributed by atoms with Gasteiger partial charge in [0.05, 0.1) is 13.0 Å². The number of hydrogen-bond acceptors (Lipinski definition) is 3. The van der Waals surface area contributed by atoms with Crippen molar-refractivity contribution in [2.75, 3.05) is 7.11 Å². The van der Waals surface area contributed by atoms with E-state index in [9.17, 15) is 4.79 Å². The molecule has 0 amide bonds. The molecule has 3 rings (SSSR count). The molecule has 0 N–H and O–H groups in total. The van der Waals surface area contributed by atoms with E-state index < -0.39 is 8.32 Å². The van der Waals surface area contributed by atoms with Crippen LogP contribution in [0.1, 0.15) is 43.7 Å². The summed E-state index contributed by atoms with van der Waals surface area (Å²) in [6, 6.07) is 18.1. The number of hydrogen-bond donors (Lipinski definition) is 0. The predicted molar refractivity (Wildman–Crippen MR) is 112 cm³/mol. The first kappa shape index (κ1) is 19.8. The normalized spacial score (nSPS) is 23.0. The van der Waals surface area contributed by atoms with Crippen LogP contribution in [0, 0.1) is 0 Å². The van der Waals surface area contributed by atoms with Gasteiger partial charge in [-0.15, -0.1) is 0 Å². The average molecular weight is 383 g/mol. The summed E-state index contributed by atoms with van der Waals surface area (Å²) in [7, 11) is -0.388. The number of benzene rings is 2. The Morgan fingerprint density at radius 1 is 0.889 bits per heavy atom. The van der Waals surface area contributed by atoms with Gasteiger partial charge in [0, 0.05) is 5.92 Å². The minimum absolute atomic E-state index is 0.0567. The lowest BCUT2D eigenvalue weighted by Gasteiger charge is -2.49. The average Bonchev–Trinajstić information content (AvgIpc) is 2.64. The number of ether oxygens (including phenoxy) is 1. The van der Waals surface area contributed by atoms with E-state index in [-0.39, 0.29) is 28.8 Å². The zero-order valence-corrected chi connectivity index (χ0v) is 18.2. The maximum atomic E-state index is 13.2. The third kappa shape index (κ3) is 3.74. The maximum Gasteiger partial charge on any atom is 0.193 e. The fourth-order valence-corrected chi connectivity index (χ4v) is 4.69. The lowest BCUT2D eigenvalue weighted by atomic mass is 9.63. The Hall–Kier alpha value is -1.91. The molecule has 2 aromatic carbocycles. The third-order valence-electron chi connectivity index (χ3n) is 6.16. The second kappa shape index (κ2) is 7.25. The van der Waals surface area contributed by atoms with Crippen molar-refractivity contribution in [3.8, 4) is 5.75 Å². The van der Waals surface area contributed by atoms with Crippen LogP contribution < -0.4 is 4.74 Å². The highest BCUT2D eigenvalue weighted by atomic mass is 28.4. The Bertz CT molecular complexity index is 791. The Kier molecular flexibility index (Phi) is 5.33. The summed E-state index contributed by atoms with van der Waals surface area (Å²) in [5.41, 5.74) is 2.20. The molecule has 0 aliphatic heterocycles. The molecule has 0 heterocycles. The van der Waals surface area contributed by atoms with Gasteiger partial charge in [-0.3, -0.25) is 4.79 Å². The van der Waals surface area contributed by atoms with Gasteiger partial charge in [-0.25, -0.2) is 0 Å². The van der Waals surface area contributed by atoms with Crippen molar-refractivity contribution in [2.24, 2.45) is 0 Å². The van der Waals surface area contributed by atoms with Gasteiger partial charge >= 0.3 is 0 Å². The summed E-state index contributed by atoms with van der Waals surface area (Å²) >= 11 is 0. The predicted octanol–water partition coefficient (Wildman–Crippen LogP) is 5.54. The van der Waals surface area contributed by atoms with Gasteiger partial charge in [0.15, 0.2) is 14.1 Å². The quantitative estimate of drug-likeness (QED) is 0.637. The van der Waals surface area contributed by atoms with Crippen molar-refractivity contribution >= 4 is 14.1 Å². The van der Waals surface area contributed by atoms with Crippen LogP contribution in [0.2, 0.25) is 18.1 Å². The molecule has 2 aromatic rings. The standard InChI is InChI=1S/C23H30O3Si/c1-23(2,3)27(5,6)26-22-20(16-10-8-7-9-11-16)19(21(22)24)17-12-14-18(25-4)15-13-17/h7-15,19-20,22H,1-6H3/t19?,20-,22-/m1/s1. The summed E-state index contributed by atoms with van der Waals surface area (Å²) in [5.74, 6) is 0.893. The second-order valence-electron chi connectivity index (χ2n) is 8.89. The Labute approximate surface area is 163 Å². The largest absolute Gasteiger partial charge is 0.497 e. The molecule has 3 atom stereocenters. The molecule has 144 valence electrons. The zero-order valence-electron chi connectivity index (χ0n) is 17.2. The molecule has 0 spiro atoms. The Morgan fingerprint density at radius 2 is 1.48 bits per heavy atom. The van der Waals surface area contributed by atoms with Crippen molar-refractivity contribution in [3.05, 3.63) is 65.7 Å².